The first kappa shape index (κ1) is 25.9. The average molecular weight is 551 g/mol. The van der Waals surface area contributed by atoms with Crippen molar-refractivity contribution in [2.75, 3.05) is 18.1 Å². The van der Waals surface area contributed by atoms with Crippen LogP contribution in [0.5, 0.6) is 5.88 Å². The van der Waals surface area contributed by atoms with Crippen LogP contribution in [0.2, 0.25) is 0 Å². The van der Waals surface area contributed by atoms with E-state index in [1.807, 2.05) is 6.07 Å². The second kappa shape index (κ2) is 10.3. The van der Waals surface area contributed by atoms with E-state index in [0.717, 1.165) is 31.2 Å². The number of benzene rings is 1. The smallest absolute Gasteiger partial charge is 0.434 e. The van der Waals surface area contributed by atoms with Crippen LogP contribution in [0.15, 0.2) is 55.0 Å². The highest BCUT2D eigenvalue weighted by Crippen LogP contribution is 2.34. The molecule has 0 radical (unpaired) electrons. The lowest BCUT2D eigenvalue weighted by Gasteiger charge is -2.18. The van der Waals surface area contributed by atoms with Gasteiger partial charge in [0.15, 0.2) is 11.5 Å². The number of fused-ring (bicyclic) bond motifs is 1. The van der Waals surface area contributed by atoms with Crippen molar-refractivity contribution in [2.24, 2.45) is 7.05 Å². The van der Waals surface area contributed by atoms with Gasteiger partial charge in [0.25, 0.3) is 0 Å². The van der Waals surface area contributed by atoms with E-state index in [9.17, 15) is 18.0 Å². The maximum absolute atomic E-state index is 13.1. The lowest BCUT2D eigenvalue weighted by molar-refractivity contribution is -0.140. The zero-order valence-corrected chi connectivity index (χ0v) is 21.6. The van der Waals surface area contributed by atoms with Crippen molar-refractivity contribution in [1.82, 2.24) is 24.5 Å². The number of aromatic nitrogens is 5. The number of aryl methyl sites for hydroxylation is 1. The molecule has 0 N–H and O–H groups in total. The molecular formula is C28H25F3N6O3. The zero-order chi connectivity index (χ0) is 27.9. The minimum absolute atomic E-state index is 0.0272. The SMILES string of the molecule is Cn1cc(C(F)(F)F)nc1-c1ccc(CN2C(=O)Cc3cnc(-c4cccnc4OCC4CCCO4)nc32)cc1. The Morgan fingerprint density at radius 1 is 1.12 bits per heavy atom. The molecule has 5 heterocycles. The monoisotopic (exact) mass is 550 g/mol. The van der Waals surface area contributed by atoms with E-state index in [1.54, 1.807) is 47.6 Å². The maximum Gasteiger partial charge on any atom is 0.434 e. The lowest BCUT2D eigenvalue weighted by Crippen LogP contribution is -2.26. The van der Waals surface area contributed by atoms with E-state index >= 15 is 0 Å². The summed E-state index contributed by atoms with van der Waals surface area (Å²) in [6, 6.07) is 10.5. The van der Waals surface area contributed by atoms with Gasteiger partial charge < -0.3 is 14.0 Å². The van der Waals surface area contributed by atoms with E-state index in [-0.39, 0.29) is 30.8 Å². The summed E-state index contributed by atoms with van der Waals surface area (Å²) >= 11 is 0. The van der Waals surface area contributed by atoms with Crippen LogP contribution >= 0.6 is 0 Å². The Hall–Kier alpha value is -4.32. The quantitative estimate of drug-likeness (QED) is 0.332. The molecule has 1 fully saturated rings. The number of rotatable bonds is 7. The fourth-order valence-electron chi connectivity index (χ4n) is 4.86. The van der Waals surface area contributed by atoms with E-state index in [4.69, 9.17) is 14.5 Å². The van der Waals surface area contributed by atoms with E-state index in [2.05, 4.69) is 15.0 Å². The minimum Gasteiger partial charge on any atom is -0.474 e. The molecule has 40 heavy (non-hydrogen) atoms. The van der Waals surface area contributed by atoms with Crippen LogP contribution in [0, 0.1) is 0 Å². The molecule has 0 bridgehead atoms. The summed E-state index contributed by atoms with van der Waals surface area (Å²) < 4.78 is 52.1. The second-order valence-corrected chi connectivity index (χ2v) is 9.76. The molecule has 0 spiro atoms. The van der Waals surface area contributed by atoms with Crippen molar-refractivity contribution in [1.29, 1.82) is 0 Å². The zero-order valence-electron chi connectivity index (χ0n) is 21.6. The maximum atomic E-state index is 13.1. The minimum atomic E-state index is -4.52. The molecule has 1 amide bonds. The van der Waals surface area contributed by atoms with Gasteiger partial charge in [-0.1, -0.05) is 24.3 Å². The summed E-state index contributed by atoms with van der Waals surface area (Å²) in [6.45, 7) is 1.35. The summed E-state index contributed by atoms with van der Waals surface area (Å²) in [5, 5.41) is 0. The number of amides is 1. The van der Waals surface area contributed by atoms with Crippen LogP contribution < -0.4 is 9.64 Å². The summed E-state index contributed by atoms with van der Waals surface area (Å²) in [5.41, 5.74) is 1.70. The largest absolute Gasteiger partial charge is 0.474 e. The van der Waals surface area contributed by atoms with Crippen LogP contribution in [-0.4, -0.2) is 49.7 Å². The summed E-state index contributed by atoms with van der Waals surface area (Å²) in [5.74, 6) is 1.37. The van der Waals surface area contributed by atoms with Gasteiger partial charge in [-0.05, 0) is 30.5 Å². The number of pyridine rings is 1. The molecule has 2 aliphatic heterocycles. The summed E-state index contributed by atoms with van der Waals surface area (Å²) in [6.07, 6.45) is 1.87. The van der Waals surface area contributed by atoms with Gasteiger partial charge in [0.05, 0.1) is 24.6 Å². The predicted octanol–water partition coefficient (Wildman–Crippen LogP) is 4.61. The second-order valence-electron chi connectivity index (χ2n) is 9.76. The molecule has 6 rings (SSSR count). The van der Waals surface area contributed by atoms with Gasteiger partial charge in [-0.25, -0.2) is 19.9 Å². The number of nitrogens with zero attached hydrogens (tertiary/aromatic N) is 6. The molecule has 1 unspecified atom stereocenters. The number of hydrogen-bond donors (Lipinski definition) is 0. The van der Waals surface area contributed by atoms with Crippen LogP contribution in [0.1, 0.15) is 29.7 Å². The van der Waals surface area contributed by atoms with E-state index < -0.39 is 11.9 Å². The molecule has 12 heteroatoms. The molecule has 1 saturated heterocycles. The van der Waals surface area contributed by atoms with E-state index in [0.29, 0.717) is 40.8 Å². The third kappa shape index (κ3) is 5.14. The molecule has 0 saturated carbocycles. The van der Waals surface area contributed by atoms with Gasteiger partial charge in [0, 0.05) is 43.4 Å². The van der Waals surface area contributed by atoms with Crippen LogP contribution in [0.3, 0.4) is 0 Å². The lowest BCUT2D eigenvalue weighted by atomic mass is 10.1. The number of carbonyl (C=O) groups excluding carboxylic acids is 1. The van der Waals surface area contributed by atoms with Crippen LogP contribution in [0.4, 0.5) is 19.0 Å². The Morgan fingerprint density at radius 2 is 1.95 bits per heavy atom. The van der Waals surface area contributed by atoms with Crippen molar-refractivity contribution < 1.29 is 27.4 Å². The highest BCUT2D eigenvalue weighted by molar-refractivity contribution is 6.00. The third-order valence-electron chi connectivity index (χ3n) is 6.90. The van der Waals surface area contributed by atoms with Gasteiger partial charge in [0.1, 0.15) is 18.2 Å². The van der Waals surface area contributed by atoms with E-state index in [1.165, 1.54) is 11.6 Å². The molecule has 3 aromatic heterocycles. The standard InChI is InChI=1S/C28H25F3N6O3/c1-36-15-22(28(29,30)31)34-25(36)18-8-6-17(7-9-18)14-37-23(38)12-19-13-33-24(35-26(19)37)21-5-2-10-32-27(21)40-16-20-4-3-11-39-20/h2,5-10,13,15,20H,3-4,11-12,14,16H2,1H3. The number of halogens is 3. The number of ether oxygens (including phenoxy) is 2. The third-order valence-corrected chi connectivity index (χ3v) is 6.90. The Kier molecular flexibility index (Phi) is 6.70. The van der Waals surface area contributed by atoms with Gasteiger partial charge in [-0.15, -0.1) is 0 Å². The molecule has 1 aromatic carbocycles. The fourth-order valence-corrected chi connectivity index (χ4v) is 4.86. The van der Waals surface area contributed by atoms with Crippen LogP contribution in [-0.2, 0) is 35.7 Å². The van der Waals surface area contributed by atoms with Gasteiger partial charge in [-0.2, -0.15) is 13.2 Å². The highest BCUT2D eigenvalue weighted by atomic mass is 19.4. The Bertz CT molecular complexity index is 1550. The van der Waals surface area contributed by atoms with Gasteiger partial charge >= 0.3 is 6.18 Å². The number of alkyl halides is 3. The molecular weight excluding hydrogens is 525 g/mol. The Labute approximate surface area is 227 Å². The van der Waals surface area contributed by atoms with Crippen molar-refractivity contribution in [3.05, 3.63) is 71.8 Å². The first-order chi connectivity index (χ1) is 19.3. The highest BCUT2D eigenvalue weighted by Gasteiger charge is 2.35. The first-order valence-corrected chi connectivity index (χ1v) is 12.8. The number of carbonyl (C=O) groups is 1. The topological polar surface area (TPSA) is 95.3 Å². The van der Waals surface area contributed by atoms with Crippen molar-refractivity contribution in [3.63, 3.8) is 0 Å². The number of anilines is 1. The van der Waals surface area contributed by atoms with Crippen molar-refractivity contribution in [2.45, 2.75) is 38.1 Å². The van der Waals surface area contributed by atoms with Crippen molar-refractivity contribution >= 4 is 11.7 Å². The summed E-state index contributed by atoms with van der Waals surface area (Å²) in [7, 11) is 1.52. The first-order valence-electron chi connectivity index (χ1n) is 12.8. The van der Waals surface area contributed by atoms with Crippen LogP contribution in [0.25, 0.3) is 22.8 Å². The van der Waals surface area contributed by atoms with Gasteiger partial charge in [-0.3, -0.25) is 9.69 Å². The predicted molar refractivity (Wildman–Crippen MR) is 138 cm³/mol. The molecule has 206 valence electrons. The molecule has 4 aromatic rings. The molecule has 0 aliphatic carbocycles. The van der Waals surface area contributed by atoms with Gasteiger partial charge in [0.2, 0.25) is 11.8 Å². The average Bonchev–Trinajstić information content (AvgIpc) is 3.67. The molecule has 2 aliphatic rings. The normalized spacial score (nSPS) is 16.9. The number of hydrogen-bond acceptors (Lipinski definition) is 7. The molecule has 1 atom stereocenters. The Balaban J connectivity index is 1.22. The fraction of sp³-hybridized carbons (Fsp3) is 0.321. The number of imidazole rings is 1. The van der Waals surface area contributed by atoms with Crippen molar-refractivity contribution in [3.8, 4) is 28.7 Å². The Morgan fingerprint density at radius 3 is 2.67 bits per heavy atom. The summed E-state index contributed by atoms with van der Waals surface area (Å²) in [4.78, 5) is 31.8. The molecule has 9 nitrogen and oxygen atoms in total.